The third kappa shape index (κ3) is 1.70. The molecule has 3 aliphatic heterocycles. The lowest BCUT2D eigenvalue weighted by Gasteiger charge is -2.40. The Balaban J connectivity index is 1.79. The van der Waals surface area contributed by atoms with Gasteiger partial charge in [-0.1, -0.05) is 0 Å². The van der Waals surface area contributed by atoms with Crippen LogP contribution in [0.2, 0.25) is 0 Å². The maximum Gasteiger partial charge on any atom is 0.101 e. The van der Waals surface area contributed by atoms with E-state index in [0.717, 1.165) is 31.9 Å². The van der Waals surface area contributed by atoms with Gasteiger partial charge < -0.3 is 10.0 Å². The first-order valence-corrected chi connectivity index (χ1v) is 6.50. The minimum absolute atomic E-state index is 0.101. The van der Waals surface area contributed by atoms with E-state index >= 15 is 0 Å². The summed E-state index contributed by atoms with van der Waals surface area (Å²) in [5.41, 5.74) is 2.88. The smallest absolute Gasteiger partial charge is 0.101 e. The molecule has 0 aliphatic carbocycles. The highest BCUT2D eigenvalue weighted by atomic mass is 16.3. The highest BCUT2D eigenvalue weighted by molar-refractivity contribution is 5.83. The van der Waals surface area contributed by atoms with Gasteiger partial charge in [0, 0.05) is 37.8 Å². The number of hydrogen-bond donors (Lipinski definition) is 1. The van der Waals surface area contributed by atoms with Crippen molar-refractivity contribution in [1.29, 1.82) is 0 Å². The maximum atomic E-state index is 9.39. The van der Waals surface area contributed by atoms with Crippen LogP contribution in [0.25, 0.3) is 0 Å². The topological polar surface area (TPSA) is 39.1 Å². The van der Waals surface area contributed by atoms with E-state index < -0.39 is 0 Å². The molecule has 0 amide bonds. The third-order valence-corrected chi connectivity index (χ3v) is 4.41. The molecule has 1 unspecified atom stereocenters. The minimum Gasteiger partial charge on any atom is -0.390 e. The van der Waals surface area contributed by atoms with Crippen LogP contribution in [0, 0.1) is 0 Å². The molecule has 0 radical (unpaired) electrons. The Morgan fingerprint density at radius 3 is 2.59 bits per heavy atom. The van der Waals surface area contributed by atoms with E-state index in [2.05, 4.69) is 35.6 Å². The van der Waals surface area contributed by atoms with Crippen LogP contribution >= 0.6 is 0 Å². The van der Waals surface area contributed by atoms with Crippen molar-refractivity contribution in [2.24, 2.45) is 4.99 Å². The Morgan fingerprint density at radius 2 is 1.94 bits per heavy atom. The molecule has 94 valence electrons. The highest BCUT2D eigenvalue weighted by Crippen LogP contribution is 2.34. The summed E-state index contributed by atoms with van der Waals surface area (Å²) < 4.78 is 0. The number of nitrogens with zero attached hydrogens (tertiary/aromatic N) is 3. The van der Waals surface area contributed by atoms with E-state index in [9.17, 15) is 5.11 Å². The summed E-state index contributed by atoms with van der Waals surface area (Å²) in [7, 11) is 0. The Bertz CT molecular complexity index is 395. The van der Waals surface area contributed by atoms with Gasteiger partial charge in [-0.25, -0.2) is 0 Å². The molecule has 3 heterocycles. The van der Waals surface area contributed by atoms with Crippen molar-refractivity contribution in [1.82, 2.24) is 9.80 Å². The largest absolute Gasteiger partial charge is 0.390 e. The van der Waals surface area contributed by atoms with Gasteiger partial charge in [-0.2, -0.15) is 0 Å². The Hall–Kier alpha value is -0.870. The summed E-state index contributed by atoms with van der Waals surface area (Å²) in [4.78, 5) is 9.43. The average molecular weight is 235 g/mol. The fourth-order valence-corrected chi connectivity index (χ4v) is 3.14. The van der Waals surface area contributed by atoms with E-state index in [1.165, 1.54) is 11.3 Å². The van der Waals surface area contributed by atoms with Gasteiger partial charge in [0.05, 0.1) is 12.1 Å². The van der Waals surface area contributed by atoms with Crippen molar-refractivity contribution in [3.8, 4) is 0 Å². The summed E-state index contributed by atoms with van der Waals surface area (Å²) in [6.07, 6.45) is 1.02. The standard InChI is InChI=1S/C13H21N3O/c1-8-9(2)14-10(3)16-5-11(4-13(8)16)15-6-12(17)7-15/h9,11-12,17H,4-7H2,1-3H3/t9-,11?/m0/s1. The van der Waals surface area contributed by atoms with Gasteiger partial charge in [0.1, 0.15) is 5.84 Å². The second kappa shape index (κ2) is 3.82. The molecule has 1 N–H and O–H groups in total. The minimum atomic E-state index is -0.101. The number of rotatable bonds is 1. The Kier molecular flexibility index (Phi) is 2.52. The van der Waals surface area contributed by atoms with E-state index in [4.69, 9.17) is 0 Å². The molecule has 17 heavy (non-hydrogen) atoms. The van der Waals surface area contributed by atoms with Gasteiger partial charge in [0.25, 0.3) is 0 Å². The van der Waals surface area contributed by atoms with Gasteiger partial charge in [-0.3, -0.25) is 9.89 Å². The number of likely N-dealkylation sites (tertiary alicyclic amines) is 1. The van der Waals surface area contributed by atoms with E-state index in [-0.39, 0.29) is 6.10 Å². The predicted octanol–water partition coefficient (Wildman–Crippen LogP) is 0.832. The van der Waals surface area contributed by atoms with Crippen molar-refractivity contribution < 1.29 is 5.11 Å². The Morgan fingerprint density at radius 1 is 1.24 bits per heavy atom. The van der Waals surface area contributed by atoms with Crippen molar-refractivity contribution in [3.63, 3.8) is 0 Å². The molecular formula is C13H21N3O. The van der Waals surface area contributed by atoms with E-state index in [1.807, 2.05) is 0 Å². The predicted molar refractivity (Wildman–Crippen MR) is 68.0 cm³/mol. The molecule has 4 heteroatoms. The van der Waals surface area contributed by atoms with Crippen LogP contribution in [0.1, 0.15) is 27.2 Å². The Labute approximate surface area is 103 Å². The molecule has 4 nitrogen and oxygen atoms in total. The highest BCUT2D eigenvalue weighted by Gasteiger charge is 2.39. The molecule has 0 spiro atoms. The molecule has 2 fully saturated rings. The summed E-state index contributed by atoms with van der Waals surface area (Å²) in [6.45, 7) is 9.21. The van der Waals surface area contributed by atoms with Crippen LogP contribution in [0.3, 0.4) is 0 Å². The molecule has 0 aromatic heterocycles. The van der Waals surface area contributed by atoms with Crippen LogP contribution in [0.5, 0.6) is 0 Å². The number of β-amino-alcohol motifs (C(OH)–C–C–N with tert-alkyl or cyclic N) is 1. The van der Waals surface area contributed by atoms with E-state index in [0.29, 0.717) is 12.1 Å². The van der Waals surface area contributed by atoms with Crippen molar-refractivity contribution in [3.05, 3.63) is 11.3 Å². The second-order valence-electron chi connectivity index (χ2n) is 5.56. The van der Waals surface area contributed by atoms with Crippen molar-refractivity contribution in [2.75, 3.05) is 19.6 Å². The summed E-state index contributed by atoms with van der Waals surface area (Å²) in [5.74, 6) is 1.15. The molecule has 3 aliphatic rings. The molecule has 0 aromatic rings. The number of aliphatic hydroxyl groups is 1. The number of hydrogen-bond acceptors (Lipinski definition) is 4. The number of fused-ring (bicyclic) bond motifs is 1. The van der Waals surface area contributed by atoms with Gasteiger partial charge in [0.2, 0.25) is 0 Å². The molecule has 3 rings (SSSR count). The fraction of sp³-hybridized carbons (Fsp3) is 0.769. The van der Waals surface area contributed by atoms with Gasteiger partial charge >= 0.3 is 0 Å². The zero-order chi connectivity index (χ0) is 12.2. The summed E-state index contributed by atoms with van der Waals surface area (Å²) in [6, 6.07) is 0.904. The van der Waals surface area contributed by atoms with Crippen LogP contribution in [0.4, 0.5) is 0 Å². The van der Waals surface area contributed by atoms with Crippen LogP contribution in [-0.4, -0.2) is 58.6 Å². The average Bonchev–Trinajstić information content (AvgIpc) is 2.66. The molecule has 2 atom stereocenters. The lowest BCUT2D eigenvalue weighted by atomic mass is 10.0. The maximum absolute atomic E-state index is 9.39. The van der Waals surface area contributed by atoms with Crippen LogP contribution in [0.15, 0.2) is 16.3 Å². The molecule has 2 saturated heterocycles. The zero-order valence-electron chi connectivity index (χ0n) is 10.8. The summed E-state index contributed by atoms with van der Waals surface area (Å²) in [5, 5.41) is 9.39. The first-order valence-electron chi connectivity index (χ1n) is 6.50. The van der Waals surface area contributed by atoms with Crippen LogP contribution in [-0.2, 0) is 0 Å². The van der Waals surface area contributed by atoms with Gasteiger partial charge in [-0.15, -0.1) is 0 Å². The second-order valence-corrected chi connectivity index (χ2v) is 5.56. The molecular weight excluding hydrogens is 214 g/mol. The zero-order valence-corrected chi connectivity index (χ0v) is 10.8. The quantitative estimate of drug-likeness (QED) is 0.732. The monoisotopic (exact) mass is 235 g/mol. The first kappa shape index (κ1) is 11.2. The lowest BCUT2D eigenvalue weighted by molar-refractivity contribution is -0.0209. The van der Waals surface area contributed by atoms with Crippen LogP contribution < -0.4 is 0 Å². The van der Waals surface area contributed by atoms with Gasteiger partial charge in [-0.05, 0) is 26.3 Å². The summed E-state index contributed by atoms with van der Waals surface area (Å²) >= 11 is 0. The third-order valence-electron chi connectivity index (χ3n) is 4.41. The number of amidine groups is 1. The normalized spacial score (nSPS) is 34.8. The fourth-order valence-electron chi connectivity index (χ4n) is 3.14. The lowest BCUT2D eigenvalue weighted by Crippen LogP contribution is -2.56. The first-order chi connectivity index (χ1) is 8.06. The number of aliphatic imine (C=N–C) groups is 1. The molecule has 0 saturated carbocycles. The molecule has 0 bridgehead atoms. The molecule has 0 aromatic carbocycles. The number of aliphatic hydroxyl groups excluding tert-OH is 1. The SMILES string of the molecule is CC1=N[C@@H](C)C(C)=C2CC(N3CC(O)C3)CN12. The van der Waals surface area contributed by atoms with Gasteiger partial charge in [0.15, 0.2) is 0 Å². The van der Waals surface area contributed by atoms with Crippen molar-refractivity contribution >= 4 is 5.84 Å². The van der Waals surface area contributed by atoms with Crippen molar-refractivity contribution in [2.45, 2.75) is 45.4 Å². The van der Waals surface area contributed by atoms with E-state index in [1.54, 1.807) is 0 Å².